The Balaban J connectivity index is 1.77. The van der Waals surface area contributed by atoms with Crippen LogP contribution in [0.1, 0.15) is 20.7 Å². The van der Waals surface area contributed by atoms with Crippen LogP contribution in [-0.2, 0) is 21.3 Å². The summed E-state index contributed by atoms with van der Waals surface area (Å²) >= 11 is 1.32. The Morgan fingerprint density at radius 1 is 1.07 bits per heavy atom. The van der Waals surface area contributed by atoms with Crippen molar-refractivity contribution in [1.29, 1.82) is 0 Å². The number of fused-ring (bicyclic) bond motifs is 1. The number of carbonyl (C=O) groups excluding carboxylic acids is 3. The van der Waals surface area contributed by atoms with Crippen LogP contribution in [0.5, 0.6) is 0 Å². The number of nitrogens with one attached hydrogen (secondary N) is 2. The molecule has 3 aromatic rings. The van der Waals surface area contributed by atoms with Crippen molar-refractivity contribution in [1.82, 2.24) is 4.98 Å². The minimum absolute atomic E-state index is 0.101. The quantitative estimate of drug-likeness (QED) is 0.365. The lowest BCUT2D eigenvalue weighted by molar-refractivity contribution is -0.683. The molecule has 0 unspecified atom stereocenters. The van der Waals surface area contributed by atoms with Crippen LogP contribution in [0, 0.1) is 0 Å². The zero-order chi connectivity index (χ0) is 21.0. The minimum Gasteiger partial charge on any atom is -0.465 e. The van der Waals surface area contributed by atoms with Crippen molar-refractivity contribution in [2.75, 3.05) is 25.3 Å². The van der Waals surface area contributed by atoms with E-state index in [-0.39, 0.29) is 28.5 Å². The highest BCUT2D eigenvalue weighted by Crippen LogP contribution is 2.21. The van der Waals surface area contributed by atoms with Crippen LogP contribution < -0.4 is 9.88 Å². The van der Waals surface area contributed by atoms with E-state index in [2.05, 4.69) is 10.3 Å². The van der Waals surface area contributed by atoms with Crippen LogP contribution in [0.2, 0.25) is 0 Å². The third-order valence-corrected chi connectivity index (χ3v) is 5.33. The number of aryl methyl sites for hydroxylation is 1. The van der Waals surface area contributed by atoms with Crippen LogP contribution in [0.3, 0.4) is 0 Å². The number of thioether (sulfide) groups is 1. The number of benzene rings is 2. The summed E-state index contributed by atoms with van der Waals surface area (Å²) in [6.07, 6.45) is 0. The van der Waals surface area contributed by atoms with Crippen LogP contribution >= 0.6 is 11.8 Å². The fourth-order valence-corrected chi connectivity index (χ4v) is 3.63. The number of nitrogens with zero attached hydrogens (tertiary/aromatic N) is 1. The van der Waals surface area contributed by atoms with Gasteiger partial charge in [0.2, 0.25) is 5.91 Å². The van der Waals surface area contributed by atoms with Gasteiger partial charge in [-0.1, -0.05) is 12.1 Å². The van der Waals surface area contributed by atoms with Gasteiger partial charge in [0, 0.05) is 0 Å². The average Bonchev–Trinajstić information content (AvgIpc) is 3.07. The molecule has 8 nitrogen and oxygen atoms in total. The topological polar surface area (TPSA) is 101 Å². The van der Waals surface area contributed by atoms with E-state index in [0.717, 1.165) is 16.2 Å². The normalized spacial score (nSPS) is 10.6. The molecule has 29 heavy (non-hydrogen) atoms. The van der Waals surface area contributed by atoms with Crippen LogP contribution in [-0.4, -0.2) is 42.8 Å². The van der Waals surface area contributed by atoms with Crippen LogP contribution in [0.4, 0.5) is 5.69 Å². The van der Waals surface area contributed by atoms with Crippen molar-refractivity contribution in [2.24, 2.45) is 7.05 Å². The zero-order valence-corrected chi connectivity index (χ0v) is 17.0. The summed E-state index contributed by atoms with van der Waals surface area (Å²) in [5.74, 6) is -1.42. The summed E-state index contributed by atoms with van der Waals surface area (Å²) in [4.78, 5) is 39.5. The number of H-pyrrole nitrogens is 1. The first-order valence-corrected chi connectivity index (χ1v) is 9.63. The summed E-state index contributed by atoms with van der Waals surface area (Å²) in [6, 6.07) is 12.1. The first kappa shape index (κ1) is 20.4. The van der Waals surface area contributed by atoms with Gasteiger partial charge in [-0.25, -0.2) is 19.1 Å². The van der Waals surface area contributed by atoms with Gasteiger partial charge in [0.05, 0.1) is 43.8 Å². The lowest BCUT2D eigenvalue weighted by Crippen LogP contribution is -2.29. The second-order valence-electron chi connectivity index (χ2n) is 6.09. The molecular weight excluding hydrogens is 394 g/mol. The van der Waals surface area contributed by atoms with Crippen molar-refractivity contribution < 1.29 is 28.4 Å². The number of anilines is 1. The van der Waals surface area contributed by atoms with Gasteiger partial charge in [-0.05, 0) is 42.1 Å². The molecule has 0 saturated heterocycles. The molecule has 0 saturated carbocycles. The van der Waals surface area contributed by atoms with E-state index in [0.29, 0.717) is 0 Å². The maximum Gasteiger partial charge on any atom is 0.339 e. The molecule has 0 aliphatic carbocycles. The molecule has 2 aromatic carbocycles. The summed E-state index contributed by atoms with van der Waals surface area (Å²) in [7, 11) is 4.41. The van der Waals surface area contributed by atoms with Crippen molar-refractivity contribution in [2.45, 2.75) is 5.16 Å². The van der Waals surface area contributed by atoms with Gasteiger partial charge in [0.15, 0.2) is 11.0 Å². The number of aromatic nitrogens is 2. The average molecular weight is 414 g/mol. The molecule has 1 amide bonds. The number of hydrogen-bond donors (Lipinski definition) is 2. The van der Waals surface area contributed by atoms with Crippen molar-refractivity contribution in [3.8, 4) is 0 Å². The van der Waals surface area contributed by atoms with E-state index >= 15 is 0 Å². The molecule has 0 spiro atoms. The fraction of sp³-hybridized carbons (Fsp3) is 0.200. The molecule has 0 bridgehead atoms. The molecule has 0 fully saturated rings. The Bertz CT molecular complexity index is 1090. The Labute approximate surface area is 171 Å². The number of imidazole rings is 1. The second kappa shape index (κ2) is 8.78. The smallest absolute Gasteiger partial charge is 0.339 e. The van der Waals surface area contributed by atoms with E-state index in [1.165, 1.54) is 44.2 Å². The standard InChI is InChI=1S/C20H19N3O5S/c1-23-16-7-5-4-6-14(16)22-20(23)29-11-17(24)21-15-10-12(18(25)27-2)8-9-13(15)19(26)28-3/h4-10H,11H2,1-3H3,(H,21,24,26)/p+1. The number of amides is 1. The van der Waals surface area contributed by atoms with Crippen LogP contribution in [0.15, 0.2) is 47.6 Å². The van der Waals surface area contributed by atoms with E-state index in [9.17, 15) is 14.4 Å². The Morgan fingerprint density at radius 3 is 2.48 bits per heavy atom. The molecule has 1 heterocycles. The van der Waals surface area contributed by atoms with Crippen molar-refractivity contribution in [3.05, 3.63) is 53.6 Å². The predicted molar refractivity (Wildman–Crippen MR) is 108 cm³/mol. The summed E-state index contributed by atoms with van der Waals surface area (Å²) in [6.45, 7) is 0. The first-order chi connectivity index (χ1) is 13.9. The minimum atomic E-state index is -0.619. The highest BCUT2D eigenvalue weighted by Gasteiger charge is 2.20. The summed E-state index contributed by atoms with van der Waals surface area (Å²) in [5.41, 5.74) is 2.54. The summed E-state index contributed by atoms with van der Waals surface area (Å²) in [5, 5.41) is 3.49. The van der Waals surface area contributed by atoms with Gasteiger partial charge >= 0.3 is 17.1 Å². The number of esters is 2. The Morgan fingerprint density at radius 2 is 1.79 bits per heavy atom. The van der Waals surface area contributed by atoms with Gasteiger partial charge in [-0.2, -0.15) is 0 Å². The Hall–Kier alpha value is -3.33. The SMILES string of the molecule is COC(=O)c1ccc(C(=O)OC)c(NC(=O)CSc2[nH]c3ccccc3[n+]2C)c1. The molecule has 0 aliphatic rings. The molecular formula is C20H20N3O5S+. The number of carbonyl (C=O) groups is 3. The van der Waals surface area contributed by atoms with E-state index < -0.39 is 11.9 Å². The third kappa shape index (κ3) is 4.40. The molecule has 1 aromatic heterocycles. The number of ether oxygens (including phenoxy) is 2. The van der Waals surface area contributed by atoms with Crippen molar-refractivity contribution >= 4 is 46.3 Å². The lowest BCUT2D eigenvalue weighted by Gasteiger charge is -2.11. The number of rotatable bonds is 6. The maximum atomic E-state index is 12.5. The monoisotopic (exact) mass is 414 g/mol. The van der Waals surface area contributed by atoms with E-state index in [1.807, 2.05) is 35.9 Å². The second-order valence-corrected chi connectivity index (χ2v) is 7.05. The number of hydrogen-bond acceptors (Lipinski definition) is 6. The largest absolute Gasteiger partial charge is 0.465 e. The molecule has 9 heteroatoms. The van der Waals surface area contributed by atoms with Gasteiger partial charge in [-0.3, -0.25) is 4.79 Å². The van der Waals surface area contributed by atoms with Gasteiger partial charge in [0.1, 0.15) is 0 Å². The van der Waals surface area contributed by atoms with E-state index in [1.54, 1.807) is 0 Å². The van der Waals surface area contributed by atoms with Gasteiger partial charge in [-0.15, -0.1) is 0 Å². The molecule has 0 radical (unpaired) electrons. The molecule has 150 valence electrons. The summed E-state index contributed by atoms with van der Waals surface area (Å²) < 4.78 is 11.4. The molecule has 0 aliphatic heterocycles. The third-order valence-electron chi connectivity index (χ3n) is 4.27. The van der Waals surface area contributed by atoms with Gasteiger partial charge < -0.3 is 14.8 Å². The van der Waals surface area contributed by atoms with Crippen molar-refractivity contribution in [3.63, 3.8) is 0 Å². The molecule has 2 N–H and O–H groups in total. The highest BCUT2D eigenvalue weighted by atomic mass is 32.2. The predicted octanol–water partition coefficient (Wildman–Crippen LogP) is 2.30. The van der Waals surface area contributed by atoms with Crippen LogP contribution in [0.25, 0.3) is 11.0 Å². The van der Waals surface area contributed by atoms with E-state index in [4.69, 9.17) is 9.47 Å². The van der Waals surface area contributed by atoms with Gasteiger partial charge in [0.25, 0.3) is 0 Å². The first-order valence-electron chi connectivity index (χ1n) is 8.64. The zero-order valence-electron chi connectivity index (χ0n) is 16.1. The Kier molecular flexibility index (Phi) is 6.18. The number of para-hydroxylation sites is 2. The number of methoxy groups -OCH3 is 2. The lowest BCUT2D eigenvalue weighted by atomic mass is 10.1. The maximum absolute atomic E-state index is 12.5. The molecule has 0 atom stereocenters. The highest BCUT2D eigenvalue weighted by molar-refractivity contribution is 7.99. The fourth-order valence-electron chi connectivity index (χ4n) is 2.81. The number of aromatic amines is 1. The molecule has 3 rings (SSSR count).